The van der Waals surface area contributed by atoms with Crippen LogP contribution in [0.2, 0.25) is 0 Å². The zero-order valence-corrected chi connectivity index (χ0v) is 17.3. The van der Waals surface area contributed by atoms with Crippen molar-refractivity contribution in [3.8, 4) is 11.5 Å². The Morgan fingerprint density at radius 3 is 2.07 bits per heavy atom. The normalized spacial score (nSPS) is 18.2. The number of carbonyl (C=O) groups is 2. The Morgan fingerprint density at radius 1 is 0.900 bits per heavy atom. The number of ether oxygens (including phenoxy) is 2. The van der Waals surface area contributed by atoms with Gasteiger partial charge in [0.25, 0.3) is 0 Å². The van der Waals surface area contributed by atoms with Crippen LogP contribution in [0.4, 0.5) is 5.69 Å². The van der Waals surface area contributed by atoms with Gasteiger partial charge in [0, 0.05) is 24.8 Å². The molecule has 0 aliphatic carbocycles. The number of hydrogen-bond acceptors (Lipinski definition) is 6. The summed E-state index contributed by atoms with van der Waals surface area (Å²) < 4.78 is 10.6. The number of hydrogen-bond donors (Lipinski definition) is 3. The highest BCUT2D eigenvalue weighted by atomic mass is 16.5. The molecule has 0 saturated carbocycles. The number of rotatable bonds is 10. The predicted octanol–water partition coefficient (Wildman–Crippen LogP) is 2.61. The first kappa shape index (κ1) is 22.2. The fraction of sp³-hybridized carbons (Fsp3) is 0.636. The maximum Gasteiger partial charge on any atom is 0.341 e. The predicted molar refractivity (Wildman–Crippen MR) is 112 cm³/mol. The second-order valence-corrected chi connectivity index (χ2v) is 8.20. The molecule has 1 aromatic rings. The van der Waals surface area contributed by atoms with E-state index in [1.165, 1.54) is 25.7 Å². The molecule has 2 saturated heterocycles. The number of aliphatic carboxylic acids is 2. The van der Waals surface area contributed by atoms with Gasteiger partial charge < -0.3 is 29.9 Å². The minimum atomic E-state index is -1.10. The van der Waals surface area contributed by atoms with Gasteiger partial charge in [-0.25, -0.2) is 9.59 Å². The van der Waals surface area contributed by atoms with Crippen molar-refractivity contribution in [1.82, 2.24) is 5.32 Å². The van der Waals surface area contributed by atoms with Crippen molar-refractivity contribution in [3.63, 3.8) is 0 Å². The van der Waals surface area contributed by atoms with Crippen LogP contribution in [0.1, 0.15) is 38.5 Å². The lowest BCUT2D eigenvalue weighted by molar-refractivity contribution is -0.140. The zero-order chi connectivity index (χ0) is 21.3. The molecule has 8 nitrogen and oxygen atoms in total. The van der Waals surface area contributed by atoms with E-state index in [2.05, 4.69) is 10.2 Å². The number of benzene rings is 1. The lowest BCUT2D eigenvalue weighted by Gasteiger charge is -2.34. The van der Waals surface area contributed by atoms with Gasteiger partial charge >= 0.3 is 11.9 Å². The molecule has 1 aromatic carbocycles. The Morgan fingerprint density at radius 2 is 1.47 bits per heavy atom. The molecule has 0 radical (unpaired) electrons. The summed E-state index contributed by atoms with van der Waals surface area (Å²) in [6, 6.07) is 5.27. The average molecular weight is 421 g/mol. The molecule has 2 heterocycles. The van der Waals surface area contributed by atoms with E-state index in [9.17, 15) is 9.59 Å². The quantitative estimate of drug-likeness (QED) is 0.530. The second kappa shape index (κ2) is 11.1. The van der Waals surface area contributed by atoms with Gasteiger partial charge in [-0.1, -0.05) is 12.8 Å². The maximum atomic E-state index is 10.9. The maximum absolute atomic E-state index is 10.9. The summed E-state index contributed by atoms with van der Waals surface area (Å²) in [5.41, 5.74) is 0.940. The van der Waals surface area contributed by atoms with Crippen molar-refractivity contribution >= 4 is 17.6 Å². The van der Waals surface area contributed by atoms with Crippen LogP contribution in [0.25, 0.3) is 0 Å². The third kappa shape index (κ3) is 6.79. The lowest BCUT2D eigenvalue weighted by Crippen LogP contribution is -2.34. The van der Waals surface area contributed by atoms with Gasteiger partial charge in [0.15, 0.2) is 24.7 Å². The first-order valence-corrected chi connectivity index (χ1v) is 10.8. The Bertz CT molecular complexity index is 712. The van der Waals surface area contributed by atoms with Crippen LogP contribution in [0.5, 0.6) is 11.5 Å². The van der Waals surface area contributed by atoms with Crippen LogP contribution >= 0.6 is 0 Å². The fourth-order valence-electron chi connectivity index (χ4n) is 4.33. The largest absolute Gasteiger partial charge is 0.479 e. The summed E-state index contributed by atoms with van der Waals surface area (Å²) in [6.07, 6.45) is 7.52. The number of nitrogens with one attached hydrogen (secondary N) is 1. The monoisotopic (exact) mass is 420 g/mol. The van der Waals surface area contributed by atoms with Crippen molar-refractivity contribution in [2.75, 3.05) is 44.3 Å². The van der Waals surface area contributed by atoms with Crippen molar-refractivity contribution in [2.24, 2.45) is 11.8 Å². The standard InChI is InChI=1S/C22H32N2O6/c25-21(26)14-29-19-4-3-18(13-20(19)30-15-22(27)28)24-11-7-17(8-12-24)2-1-16-5-9-23-10-6-16/h3-4,13,16-17,23H,1-2,5-12,14-15H2,(H,25,26)(H,27,28). The van der Waals surface area contributed by atoms with E-state index in [1.807, 2.05) is 6.07 Å². The molecule has 30 heavy (non-hydrogen) atoms. The molecule has 3 N–H and O–H groups in total. The van der Waals surface area contributed by atoms with E-state index in [4.69, 9.17) is 19.7 Å². The van der Waals surface area contributed by atoms with Gasteiger partial charge in [0.05, 0.1) is 0 Å². The van der Waals surface area contributed by atoms with Crippen molar-refractivity contribution in [1.29, 1.82) is 0 Å². The molecule has 0 unspecified atom stereocenters. The third-order valence-corrected chi connectivity index (χ3v) is 6.05. The SMILES string of the molecule is O=C(O)COc1ccc(N2CCC(CCC3CCNCC3)CC2)cc1OCC(=O)O. The van der Waals surface area contributed by atoms with Crippen LogP contribution in [-0.2, 0) is 9.59 Å². The average Bonchev–Trinajstić information content (AvgIpc) is 2.76. The number of carboxylic acid groups (broad SMARTS) is 2. The van der Waals surface area contributed by atoms with Gasteiger partial charge in [-0.2, -0.15) is 0 Å². The molecule has 0 atom stereocenters. The highest BCUT2D eigenvalue weighted by Crippen LogP contribution is 2.35. The number of carboxylic acids is 2. The summed E-state index contributed by atoms with van der Waals surface area (Å²) in [5, 5.41) is 21.2. The van der Waals surface area contributed by atoms with E-state index < -0.39 is 25.2 Å². The molecule has 0 amide bonds. The summed E-state index contributed by atoms with van der Waals surface area (Å²) in [4.78, 5) is 23.9. The summed E-state index contributed by atoms with van der Waals surface area (Å²) in [6.45, 7) is 3.19. The van der Waals surface area contributed by atoms with Crippen LogP contribution < -0.4 is 19.7 Å². The second-order valence-electron chi connectivity index (χ2n) is 8.20. The minimum Gasteiger partial charge on any atom is -0.479 e. The Hall–Kier alpha value is -2.48. The van der Waals surface area contributed by atoms with Gasteiger partial charge in [0.1, 0.15) is 0 Å². The van der Waals surface area contributed by atoms with Gasteiger partial charge in [-0.05, 0) is 62.7 Å². The first-order chi connectivity index (χ1) is 14.5. The smallest absolute Gasteiger partial charge is 0.341 e. The van der Waals surface area contributed by atoms with E-state index in [0.717, 1.165) is 56.5 Å². The highest BCUT2D eigenvalue weighted by Gasteiger charge is 2.22. The zero-order valence-electron chi connectivity index (χ0n) is 17.3. The minimum absolute atomic E-state index is 0.235. The molecule has 166 valence electrons. The van der Waals surface area contributed by atoms with E-state index in [1.54, 1.807) is 12.1 Å². The Labute approximate surface area is 177 Å². The highest BCUT2D eigenvalue weighted by molar-refractivity contribution is 5.70. The van der Waals surface area contributed by atoms with E-state index >= 15 is 0 Å². The Balaban J connectivity index is 1.55. The number of anilines is 1. The lowest BCUT2D eigenvalue weighted by atomic mass is 9.85. The van der Waals surface area contributed by atoms with Gasteiger partial charge in [-0.15, -0.1) is 0 Å². The summed E-state index contributed by atoms with van der Waals surface area (Å²) in [7, 11) is 0. The third-order valence-electron chi connectivity index (χ3n) is 6.05. The molecule has 3 rings (SSSR count). The number of piperidine rings is 2. The molecule has 0 bridgehead atoms. The molecule has 0 aromatic heterocycles. The number of nitrogens with zero attached hydrogens (tertiary/aromatic N) is 1. The van der Waals surface area contributed by atoms with Gasteiger partial charge in [-0.3, -0.25) is 0 Å². The van der Waals surface area contributed by atoms with Crippen LogP contribution in [0.3, 0.4) is 0 Å². The Kier molecular flexibility index (Phi) is 8.19. The summed E-state index contributed by atoms with van der Waals surface area (Å²) >= 11 is 0. The van der Waals surface area contributed by atoms with Crippen LogP contribution in [-0.4, -0.2) is 61.5 Å². The van der Waals surface area contributed by atoms with Crippen molar-refractivity contribution < 1.29 is 29.3 Å². The molecule has 2 aliphatic heterocycles. The molecule has 2 aliphatic rings. The van der Waals surface area contributed by atoms with Crippen LogP contribution in [0.15, 0.2) is 18.2 Å². The fourth-order valence-corrected chi connectivity index (χ4v) is 4.33. The molecule has 8 heteroatoms. The molecule has 0 spiro atoms. The van der Waals surface area contributed by atoms with Crippen molar-refractivity contribution in [2.45, 2.75) is 38.5 Å². The van der Waals surface area contributed by atoms with E-state index in [0.29, 0.717) is 0 Å². The van der Waals surface area contributed by atoms with Crippen LogP contribution in [0, 0.1) is 11.8 Å². The van der Waals surface area contributed by atoms with E-state index in [-0.39, 0.29) is 11.5 Å². The molecular weight excluding hydrogens is 388 g/mol. The molecular formula is C22H32N2O6. The van der Waals surface area contributed by atoms with Crippen molar-refractivity contribution in [3.05, 3.63) is 18.2 Å². The first-order valence-electron chi connectivity index (χ1n) is 10.8. The van der Waals surface area contributed by atoms with Gasteiger partial charge in [0.2, 0.25) is 0 Å². The topological polar surface area (TPSA) is 108 Å². The molecule has 2 fully saturated rings. The summed E-state index contributed by atoms with van der Waals surface area (Å²) in [5.74, 6) is -0.0778.